The van der Waals surface area contributed by atoms with E-state index in [1.165, 1.54) is 10.5 Å². The van der Waals surface area contributed by atoms with Gasteiger partial charge in [0.05, 0.1) is 0 Å². The van der Waals surface area contributed by atoms with Crippen molar-refractivity contribution in [3.8, 4) is 0 Å². The number of amides is 1. The molecule has 0 saturated carbocycles. The highest BCUT2D eigenvalue weighted by Gasteiger charge is 2.21. The van der Waals surface area contributed by atoms with Crippen LogP contribution in [0, 0.1) is 0 Å². The molecule has 0 aromatic heterocycles. The molecule has 0 spiro atoms. The van der Waals surface area contributed by atoms with Crippen LogP contribution in [0.4, 0.5) is 4.79 Å². The van der Waals surface area contributed by atoms with Gasteiger partial charge in [-0.3, -0.25) is 0 Å². The summed E-state index contributed by atoms with van der Waals surface area (Å²) in [5.41, 5.74) is 0.927. The van der Waals surface area contributed by atoms with E-state index in [0.29, 0.717) is 12.6 Å². The number of hydrogen-bond donors (Lipinski definition) is 2. The van der Waals surface area contributed by atoms with Gasteiger partial charge in [-0.1, -0.05) is 30.4 Å². The molecule has 0 aliphatic carbocycles. The molecule has 1 atom stereocenters. The van der Waals surface area contributed by atoms with E-state index in [1.807, 2.05) is 44.7 Å². The van der Waals surface area contributed by atoms with Crippen LogP contribution in [-0.4, -0.2) is 30.5 Å². The molecule has 1 aromatic carbocycles. The maximum absolute atomic E-state index is 11.5. The molecule has 2 N–H and O–H groups in total. The normalized spacial score (nSPS) is 17.5. The minimum Gasteiger partial charge on any atom is -0.444 e. The van der Waals surface area contributed by atoms with E-state index in [-0.39, 0.29) is 6.09 Å². The van der Waals surface area contributed by atoms with E-state index >= 15 is 0 Å². The Morgan fingerprint density at radius 1 is 1.32 bits per heavy atom. The summed E-state index contributed by atoms with van der Waals surface area (Å²) in [5, 5.41) is 6.22. The Hall–Kier alpha value is -1.46. The number of ether oxygens (including phenoxy) is 1. The summed E-state index contributed by atoms with van der Waals surface area (Å²) in [6, 6.07) is 8.92. The van der Waals surface area contributed by atoms with Crippen LogP contribution < -0.4 is 10.6 Å². The molecule has 1 aliphatic heterocycles. The molecular formula is C17H24N2O2S. The van der Waals surface area contributed by atoms with Crippen LogP contribution in [0.2, 0.25) is 0 Å². The second-order valence-electron chi connectivity index (χ2n) is 6.16. The lowest BCUT2D eigenvalue weighted by Crippen LogP contribution is -2.32. The van der Waals surface area contributed by atoms with E-state index in [9.17, 15) is 4.79 Å². The van der Waals surface area contributed by atoms with E-state index in [4.69, 9.17) is 4.74 Å². The first-order valence-electron chi connectivity index (χ1n) is 7.53. The van der Waals surface area contributed by atoms with Gasteiger partial charge in [0.15, 0.2) is 0 Å². The number of nitrogens with one attached hydrogen (secondary N) is 2. The van der Waals surface area contributed by atoms with Crippen molar-refractivity contribution in [1.82, 2.24) is 10.6 Å². The van der Waals surface area contributed by atoms with Crippen LogP contribution in [0.15, 0.2) is 41.3 Å². The van der Waals surface area contributed by atoms with E-state index in [1.54, 1.807) is 0 Å². The molecule has 0 bridgehead atoms. The van der Waals surface area contributed by atoms with Gasteiger partial charge in [0.25, 0.3) is 0 Å². The van der Waals surface area contributed by atoms with Crippen molar-refractivity contribution in [3.63, 3.8) is 0 Å². The summed E-state index contributed by atoms with van der Waals surface area (Å²) in [6.07, 6.45) is 3.58. The first-order valence-corrected chi connectivity index (χ1v) is 8.51. The average molecular weight is 320 g/mol. The number of alkyl carbamates (subject to hydrolysis) is 1. The van der Waals surface area contributed by atoms with Crippen LogP contribution in [-0.2, 0) is 4.74 Å². The molecule has 1 aliphatic rings. The molecule has 4 nitrogen and oxygen atoms in total. The summed E-state index contributed by atoms with van der Waals surface area (Å²) in [6.45, 7) is 6.82. The van der Waals surface area contributed by atoms with Gasteiger partial charge in [0.2, 0.25) is 0 Å². The second-order valence-corrected chi connectivity index (χ2v) is 7.23. The standard InChI is InChI=1S/C17H24N2O2S/c1-17(2,3)21-16(20)19-11-7-6-10-18-14-12-22-15-9-5-4-8-13(14)15/h4-9,14,18H,10-12H2,1-3H3,(H,19,20)/b7-6+. The monoisotopic (exact) mass is 320 g/mol. The third kappa shape index (κ3) is 5.39. The quantitative estimate of drug-likeness (QED) is 0.815. The molecule has 1 unspecified atom stereocenters. The molecule has 1 aromatic rings. The number of carbonyl (C=O) groups is 1. The van der Waals surface area contributed by atoms with Gasteiger partial charge in [0.1, 0.15) is 5.60 Å². The lowest BCUT2D eigenvalue weighted by Gasteiger charge is -2.19. The van der Waals surface area contributed by atoms with Gasteiger partial charge < -0.3 is 15.4 Å². The zero-order chi connectivity index (χ0) is 16.0. The fraction of sp³-hybridized carbons (Fsp3) is 0.471. The van der Waals surface area contributed by atoms with Gasteiger partial charge in [-0.2, -0.15) is 0 Å². The topological polar surface area (TPSA) is 50.4 Å². The van der Waals surface area contributed by atoms with Gasteiger partial charge in [0, 0.05) is 29.8 Å². The molecule has 1 heterocycles. The second kappa shape index (κ2) is 7.70. The summed E-state index contributed by atoms with van der Waals surface area (Å²) >= 11 is 1.89. The Kier molecular flexibility index (Phi) is 5.91. The molecule has 22 heavy (non-hydrogen) atoms. The van der Waals surface area contributed by atoms with E-state index in [0.717, 1.165) is 12.3 Å². The predicted molar refractivity (Wildman–Crippen MR) is 91.3 cm³/mol. The number of rotatable bonds is 5. The molecule has 0 saturated heterocycles. The maximum atomic E-state index is 11.5. The third-order valence-corrected chi connectivity index (χ3v) is 4.29. The predicted octanol–water partition coefficient (Wildman–Crippen LogP) is 3.50. The number of carbonyl (C=O) groups excluding carboxylic acids is 1. The first kappa shape index (κ1) is 16.9. The van der Waals surface area contributed by atoms with Crippen molar-refractivity contribution in [3.05, 3.63) is 42.0 Å². The summed E-state index contributed by atoms with van der Waals surface area (Å²) in [4.78, 5) is 12.8. The molecule has 0 radical (unpaired) electrons. The Balaban J connectivity index is 1.64. The Morgan fingerprint density at radius 2 is 2.05 bits per heavy atom. The highest BCUT2D eigenvalue weighted by atomic mass is 32.2. The van der Waals surface area contributed by atoms with Gasteiger partial charge in [-0.05, 0) is 32.4 Å². The van der Waals surface area contributed by atoms with E-state index in [2.05, 4.69) is 34.9 Å². The van der Waals surface area contributed by atoms with Crippen molar-refractivity contribution in [2.75, 3.05) is 18.8 Å². The number of thioether (sulfide) groups is 1. The van der Waals surface area contributed by atoms with E-state index < -0.39 is 5.60 Å². The Bertz CT molecular complexity index is 538. The van der Waals surface area contributed by atoms with Crippen molar-refractivity contribution in [1.29, 1.82) is 0 Å². The zero-order valence-corrected chi connectivity index (χ0v) is 14.2. The van der Waals surface area contributed by atoms with Gasteiger partial charge in [-0.25, -0.2) is 4.79 Å². The van der Waals surface area contributed by atoms with Crippen molar-refractivity contribution in [2.45, 2.75) is 37.3 Å². The number of hydrogen-bond acceptors (Lipinski definition) is 4. The minimum absolute atomic E-state index is 0.383. The minimum atomic E-state index is -0.455. The SMILES string of the molecule is CC(C)(C)OC(=O)NC/C=C/CNC1CSc2ccccc21. The lowest BCUT2D eigenvalue weighted by atomic mass is 10.1. The highest BCUT2D eigenvalue weighted by molar-refractivity contribution is 7.99. The summed E-state index contributed by atoms with van der Waals surface area (Å²) in [5.74, 6) is 1.07. The Morgan fingerprint density at radius 3 is 2.82 bits per heavy atom. The number of benzene rings is 1. The summed E-state index contributed by atoms with van der Waals surface area (Å²) < 4.78 is 5.16. The van der Waals surface area contributed by atoms with Crippen LogP contribution in [0.25, 0.3) is 0 Å². The zero-order valence-electron chi connectivity index (χ0n) is 13.4. The van der Waals surface area contributed by atoms with Gasteiger partial charge >= 0.3 is 6.09 Å². The maximum Gasteiger partial charge on any atom is 0.407 e. The van der Waals surface area contributed by atoms with Crippen LogP contribution in [0.5, 0.6) is 0 Å². The molecule has 120 valence electrons. The van der Waals surface area contributed by atoms with Crippen molar-refractivity contribution in [2.24, 2.45) is 0 Å². The molecule has 1 amide bonds. The highest BCUT2D eigenvalue weighted by Crippen LogP contribution is 2.37. The first-order chi connectivity index (χ1) is 10.5. The molecule has 0 fully saturated rings. The van der Waals surface area contributed by atoms with Crippen molar-refractivity contribution < 1.29 is 9.53 Å². The average Bonchev–Trinajstić information content (AvgIpc) is 2.84. The van der Waals surface area contributed by atoms with Crippen molar-refractivity contribution >= 4 is 17.9 Å². The molecule has 2 rings (SSSR count). The fourth-order valence-corrected chi connectivity index (χ4v) is 3.36. The lowest BCUT2D eigenvalue weighted by molar-refractivity contribution is 0.0534. The largest absolute Gasteiger partial charge is 0.444 e. The van der Waals surface area contributed by atoms with Gasteiger partial charge in [-0.15, -0.1) is 11.8 Å². The third-order valence-electron chi connectivity index (χ3n) is 3.11. The molecular weight excluding hydrogens is 296 g/mol. The van der Waals surface area contributed by atoms with Crippen LogP contribution >= 0.6 is 11.8 Å². The van der Waals surface area contributed by atoms with Crippen LogP contribution in [0.3, 0.4) is 0 Å². The molecule has 5 heteroatoms. The Labute approximate surface area is 136 Å². The summed E-state index contributed by atoms with van der Waals surface area (Å²) in [7, 11) is 0. The smallest absolute Gasteiger partial charge is 0.407 e. The number of fused-ring (bicyclic) bond motifs is 1. The fourth-order valence-electron chi connectivity index (χ4n) is 2.17. The van der Waals surface area contributed by atoms with Crippen LogP contribution in [0.1, 0.15) is 32.4 Å².